The van der Waals surface area contributed by atoms with Gasteiger partial charge in [0.15, 0.2) is 11.5 Å². The van der Waals surface area contributed by atoms with Crippen LogP contribution in [0.5, 0.6) is 11.5 Å². The summed E-state index contributed by atoms with van der Waals surface area (Å²) >= 11 is 0. The normalized spacial score (nSPS) is 21.4. The van der Waals surface area contributed by atoms with Crippen molar-refractivity contribution in [2.45, 2.75) is 19.0 Å². The Hall–Kier alpha value is -1.75. The SMILES string of the molecule is CN(Cc1ccc2c(c1)OCO2)C1CCOC1=O. The van der Waals surface area contributed by atoms with Gasteiger partial charge in [0, 0.05) is 13.0 Å². The van der Waals surface area contributed by atoms with Gasteiger partial charge in [0.2, 0.25) is 6.79 Å². The minimum absolute atomic E-state index is 0.127. The van der Waals surface area contributed by atoms with Crippen LogP contribution in [-0.4, -0.2) is 37.4 Å². The van der Waals surface area contributed by atoms with Gasteiger partial charge in [-0.3, -0.25) is 9.69 Å². The summed E-state index contributed by atoms with van der Waals surface area (Å²) in [5.41, 5.74) is 1.10. The van der Waals surface area contributed by atoms with Crippen molar-refractivity contribution < 1.29 is 19.0 Å². The fourth-order valence-electron chi connectivity index (χ4n) is 2.32. The van der Waals surface area contributed by atoms with Gasteiger partial charge < -0.3 is 14.2 Å². The van der Waals surface area contributed by atoms with Crippen LogP contribution in [0.25, 0.3) is 0 Å². The van der Waals surface area contributed by atoms with Gasteiger partial charge in [-0.05, 0) is 24.7 Å². The molecule has 1 saturated heterocycles. The zero-order chi connectivity index (χ0) is 12.5. The maximum absolute atomic E-state index is 11.5. The van der Waals surface area contributed by atoms with Crippen molar-refractivity contribution in [1.82, 2.24) is 4.90 Å². The number of nitrogens with zero attached hydrogens (tertiary/aromatic N) is 1. The second-order valence-corrected chi connectivity index (χ2v) is 4.57. The van der Waals surface area contributed by atoms with E-state index in [1.165, 1.54) is 0 Å². The molecule has 0 radical (unpaired) electrons. The predicted molar refractivity (Wildman–Crippen MR) is 63.4 cm³/mol. The lowest BCUT2D eigenvalue weighted by Crippen LogP contribution is -2.34. The molecule has 2 heterocycles. The highest BCUT2D eigenvalue weighted by molar-refractivity contribution is 5.77. The third-order valence-electron chi connectivity index (χ3n) is 3.31. The molecule has 18 heavy (non-hydrogen) atoms. The van der Waals surface area contributed by atoms with Gasteiger partial charge in [-0.1, -0.05) is 6.07 Å². The molecule has 1 aromatic carbocycles. The topological polar surface area (TPSA) is 48.0 Å². The Morgan fingerprint density at radius 2 is 2.11 bits per heavy atom. The molecule has 5 nitrogen and oxygen atoms in total. The van der Waals surface area contributed by atoms with Crippen molar-refractivity contribution in [3.05, 3.63) is 23.8 Å². The van der Waals surface area contributed by atoms with Gasteiger partial charge in [0.05, 0.1) is 6.61 Å². The highest BCUT2D eigenvalue weighted by Crippen LogP contribution is 2.33. The fraction of sp³-hybridized carbons (Fsp3) is 0.462. The molecule has 1 atom stereocenters. The number of ether oxygens (including phenoxy) is 3. The molecule has 0 saturated carbocycles. The standard InChI is InChI=1S/C13H15NO4/c1-14(10-4-5-16-13(10)15)7-9-2-3-11-12(6-9)18-8-17-11/h2-3,6,10H,4-5,7-8H2,1H3. The largest absolute Gasteiger partial charge is 0.464 e. The Bertz CT molecular complexity index is 474. The van der Waals surface area contributed by atoms with Crippen molar-refractivity contribution in [3.63, 3.8) is 0 Å². The Morgan fingerprint density at radius 1 is 1.28 bits per heavy atom. The van der Waals surface area contributed by atoms with E-state index in [0.717, 1.165) is 23.5 Å². The van der Waals surface area contributed by atoms with Crippen LogP contribution in [0.4, 0.5) is 0 Å². The predicted octanol–water partition coefficient (Wildman–Crippen LogP) is 1.16. The number of likely N-dealkylation sites (N-methyl/N-ethyl adjacent to an activating group) is 1. The lowest BCUT2D eigenvalue weighted by atomic mass is 10.1. The van der Waals surface area contributed by atoms with Crippen molar-refractivity contribution in [1.29, 1.82) is 0 Å². The van der Waals surface area contributed by atoms with Gasteiger partial charge in [-0.25, -0.2) is 0 Å². The number of esters is 1. The third kappa shape index (κ3) is 2.01. The van der Waals surface area contributed by atoms with Crippen LogP contribution >= 0.6 is 0 Å². The quantitative estimate of drug-likeness (QED) is 0.752. The van der Waals surface area contributed by atoms with Crippen molar-refractivity contribution >= 4 is 5.97 Å². The fourth-order valence-corrected chi connectivity index (χ4v) is 2.32. The molecule has 5 heteroatoms. The first kappa shape index (κ1) is 11.3. The van der Waals surface area contributed by atoms with Gasteiger partial charge in [-0.15, -0.1) is 0 Å². The summed E-state index contributed by atoms with van der Waals surface area (Å²) in [7, 11) is 1.93. The van der Waals surface area contributed by atoms with E-state index >= 15 is 0 Å². The van der Waals surface area contributed by atoms with Crippen LogP contribution in [0.15, 0.2) is 18.2 Å². The lowest BCUT2D eigenvalue weighted by Gasteiger charge is -2.20. The molecule has 1 fully saturated rings. The summed E-state index contributed by atoms with van der Waals surface area (Å²) in [6.07, 6.45) is 0.764. The number of rotatable bonds is 3. The molecule has 0 aliphatic carbocycles. The van der Waals surface area contributed by atoms with Crippen molar-refractivity contribution in [2.75, 3.05) is 20.4 Å². The third-order valence-corrected chi connectivity index (χ3v) is 3.31. The number of carbonyl (C=O) groups excluding carboxylic acids is 1. The smallest absolute Gasteiger partial charge is 0.323 e. The molecule has 0 N–H and O–H groups in total. The molecule has 0 amide bonds. The molecule has 2 aliphatic rings. The van der Waals surface area contributed by atoms with Crippen LogP contribution < -0.4 is 9.47 Å². The molecule has 96 valence electrons. The lowest BCUT2D eigenvalue weighted by molar-refractivity contribution is -0.142. The van der Waals surface area contributed by atoms with Gasteiger partial charge in [0.25, 0.3) is 0 Å². The summed E-state index contributed by atoms with van der Waals surface area (Å²) < 4.78 is 15.6. The minimum atomic E-state index is -0.129. The second kappa shape index (κ2) is 4.49. The first-order valence-corrected chi connectivity index (χ1v) is 5.99. The first-order valence-electron chi connectivity index (χ1n) is 5.99. The molecule has 1 unspecified atom stereocenters. The van der Waals surface area contributed by atoms with Crippen LogP contribution in [0.3, 0.4) is 0 Å². The average molecular weight is 249 g/mol. The van der Waals surface area contributed by atoms with Crippen LogP contribution in [0.2, 0.25) is 0 Å². The van der Waals surface area contributed by atoms with Crippen LogP contribution in [0, 0.1) is 0 Å². The number of hydrogen-bond acceptors (Lipinski definition) is 5. The van der Waals surface area contributed by atoms with E-state index in [9.17, 15) is 4.79 Å². The number of cyclic esters (lactones) is 1. The average Bonchev–Trinajstić information content (AvgIpc) is 2.96. The molecule has 2 aliphatic heterocycles. The molecule has 0 bridgehead atoms. The molecular weight excluding hydrogens is 234 g/mol. The Balaban J connectivity index is 1.70. The molecule has 1 aromatic rings. The van der Waals surface area contributed by atoms with E-state index < -0.39 is 0 Å². The monoisotopic (exact) mass is 249 g/mol. The second-order valence-electron chi connectivity index (χ2n) is 4.57. The zero-order valence-electron chi connectivity index (χ0n) is 10.2. The van der Waals surface area contributed by atoms with Gasteiger partial charge >= 0.3 is 5.97 Å². The summed E-state index contributed by atoms with van der Waals surface area (Å²) in [6.45, 7) is 1.50. The van der Waals surface area contributed by atoms with Crippen molar-refractivity contribution in [2.24, 2.45) is 0 Å². The van der Waals surface area contributed by atoms with E-state index in [0.29, 0.717) is 13.2 Å². The van der Waals surface area contributed by atoms with E-state index in [1.807, 2.05) is 30.1 Å². The van der Waals surface area contributed by atoms with E-state index in [-0.39, 0.29) is 18.8 Å². The summed E-state index contributed by atoms with van der Waals surface area (Å²) in [5.74, 6) is 1.43. The maximum atomic E-state index is 11.5. The molecular formula is C13H15NO4. The number of fused-ring (bicyclic) bond motifs is 1. The number of hydrogen-bond donors (Lipinski definition) is 0. The van der Waals surface area contributed by atoms with E-state index in [2.05, 4.69) is 0 Å². The van der Waals surface area contributed by atoms with E-state index in [1.54, 1.807) is 0 Å². The molecule has 0 spiro atoms. The van der Waals surface area contributed by atoms with E-state index in [4.69, 9.17) is 14.2 Å². The van der Waals surface area contributed by atoms with Crippen LogP contribution in [0.1, 0.15) is 12.0 Å². The Kier molecular flexibility index (Phi) is 2.83. The minimum Gasteiger partial charge on any atom is -0.464 e. The Labute approximate surface area is 105 Å². The summed E-state index contributed by atoms with van der Waals surface area (Å²) in [5, 5.41) is 0. The summed E-state index contributed by atoms with van der Waals surface area (Å²) in [4.78, 5) is 13.5. The highest BCUT2D eigenvalue weighted by Gasteiger charge is 2.30. The maximum Gasteiger partial charge on any atom is 0.323 e. The van der Waals surface area contributed by atoms with Gasteiger partial charge in [-0.2, -0.15) is 0 Å². The molecule has 3 rings (SSSR count). The number of carbonyl (C=O) groups is 1. The molecule has 0 aromatic heterocycles. The first-order chi connectivity index (χ1) is 8.74. The Morgan fingerprint density at radius 3 is 2.89 bits per heavy atom. The van der Waals surface area contributed by atoms with Gasteiger partial charge in [0.1, 0.15) is 6.04 Å². The zero-order valence-corrected chi connectivity index (χ0v) is 10.2. The number of benzene rings is 1. The highest BCUT2D eigenvalue weighted by atomic mass is 16.7. The summed E-state index contributed by atoms with van der Waals surface area (Å²) in [6, 6.07) is 5.72. The van der Waals surface area contributed by atoms with Crippen LogP contribution in [-0.2, 0) is 16.1 Å². The van der Waals surface area contributed by atoms with Crippen molar-refractivity contribution in [3.8, 4) is 11.5 Å².